The second-order valence-electron chi connectivity index (χ2n) is 7.36. The predicted octanol–water partition coefficient (Wildman–Crippen LogP) is 2.27. The number of hydrogen-bond donors (Lipinski definition) is 2. The Hall–Kier alpha value is -1.95. The maximum atomic E-state index is 12.3. The van der Waals surface area contributed by atoms with Gasteiger partial charge in [-0.05, 0) is 56.8 Å². The molecule has 0 bridgehead atoms. The maximum absolute atomic E-state index is 12.3. The molecule has 2 aliphatic heterocycles. The lowest BCUT2D eigenvalue weighted by molar-refractivity contribution is -0.121. The maximum Gasteiger partial charge on any atom is 0.220 e. The van der Waals surface area contributed by atoms with Crippen LogP contribution in [-0.2, 0) is 11.2 Å². The number of fused-ring (bicyclic) bond motifs is 2. The van der Waals surface area contributed by atoms with Crippen LogP contribution in [-0.4, -0.2) is 51.4 Å². The molecule has 4 heterocycles. The van der Waals surface area contributed by atoms with Gasteiger partial charge in [0, 0.05) is 31.6 Å². The minimum absolute atomic E-state index is 0.126. The number of aromatic nitrogens is 3. The van der Waals surface area contributed by atoms with E-state index in [4.69, 9.17) is 0 Å². The molecule has 1 amide bonds. The molecule has 2 aromatic heterocycles. The molecule has 0 unspecified atom stereocenters. The molecule has 2 N–H and O–H groups in total. The summed E-state index contributed by atoms with van der Waals surface area (Å²) in [6, 6.07) is 4.53. The normalized spacial score (nSPS) is 24.2. The van der Waals surface area contributed by atoms with Crippen molar-refractivity contribution in [1.29, 1.82) is 0 Å². The predicted molar refractivity (Wildman–Crippen MR) is 97.2 cm³/mol. The molecule has 2 fully saturated rings. The van der Waals surface area contributed by atoms with E-state index in [1.807, 2.05) is 12.1 Å². The van der Waals surface area contributed by atoms with Crippen molar-refractivity contribution in [3.63, 3.8) is 0 Å². The topological polar surface area (TPSA) is 73.9 Å². The second-order valence-corrected chi connectivity index (χ2v) is 7.36. The largest absolute Gasteiger partial charge is 0.356 e. The SMILES string of the molecule is O=C(CCc1nc2ncccc2[nH]1)NC[C@@H]1CCCN2CCCC[C@H]12. The van der Waals surface area contributed by atoms with E-state index in [1.54, 1.807) is 6.20 Å². The first-order valence-electron chi connectivity index (χ1n) is 9.60. The zero-order chi connectivity index (χ0) is 17.1. The molecule has 0 aliphatic carbocycles. The molecule has 6 nitrogen and oxygen atoms in total. The van der Waals surface area contributed by atoms with Crippen LogP contribution in [0.15, 0.2) is 18.3 Å². The van der Waals surface area contributed by atoms with Gasteiger partial charge in [-0.3, -0.25) is 4.79 Å². The van der Waals surface area contributed by atoms with E-state index in [1.165, 1.54) is 45.2 Å². The number of nitrogens with zero attached hydrogens (tertiary/aromatic N) is 3. The Labute approximate surface area is 148 Å². The van der Waals surface area contributed by atoms with Gasteiger partial charge in [0.05, 0.1) is 5.52 Å². The van der Waals surface area contributed by atoms with E-state index in [2.05, 4.69) is 25.2 Å². The highest BCUT2D eigenvalue weighted by atomic mass is 16.1. The van der Waals surface area contributed by atoms with Crippen molar-refractivity contribution >= 4 is 17.1 Å². The number of piperidine rings is 2. The number of hydrogen-bond acceptors (Lipinski definition) is 4. The van der Waals surface area contributed by atoms with Crippen molar-refractivity contribution in [2.45, 2.75) is 51.0 Å². The third-order valence-corrected chi connectivity index (χ3v) is 5.69. The van der Waals surface area contributed by atoms with Gasteiger partial charge in [-0.25, -0.2) is 9.97 Å². The summed E-state index contributed by atoms with van der Waals surface area (Å²) in [5.41, 5.74) is 1.65. The van der Waals surface area contributed by atoms with Crippen molar-refractivity contribution in [2.75, 3.05) is 19.6 Å². The number of aryl methyl sites for hydroxylation is 1. The molecule has 0 radical (unpaired) electrons. The van der Waals surface area contributed by atoms with Gasteiger partial charge in [-0.2, -0.15) is 0 Å². The fourth-order valence-corrected chi connectivity index (χ4v) is 4.39. The molecule has 0 aromatic carbocycles. The molecule has 2 aromatic rings. The first-order valence-corrected chi connectivity index (χ1v) is 9.60. The van der Waals surface area contributed by atoms with Crippen molar-refractivity contribution in [3.05, 3.63) is 24.2 Å². The van der Waals surface area contributed by atoms with E-state index < -0.39 is 0 Å². The minimum Gasteiger partial charge on any atom is -0.356 e. The lowest BCUT2D eigenvalue weighted by Crippen LogP contribution is -2.51. The highest BCUT2D eigenvalue weighted by molar-refractivity contribution is 5.76. The van der Waals surface area contributed by atoms with Gasteiger partial charge in [0.15, 0.2) is 5.65 Å². The Morgan fingerprint density at radius 1 is 1.28 bits per heavy atom. The van der Waals surface area contributed by atoms with Crippen molar-refractivity contribution in [2.24, 2.45) is 5.92 Å². The van der Waals surface area contributed by atoms with Crippen molar-refractivity contribution < 1.29 is 4.79 Å². The van der Waals surface area contributed by atoms with Crippen LogP contribution in [0.5, 0.6) is 0 Å². The molecule has 4 rings (SSSR count). The molecule has 0 spiro atoms. The summed E-state index contributed by atoms with van der Waals surface area (Å²) >= 11 is 0. The van der Waals surface area contributed by atoms with Crippen molar-refractivity contribution in [1.82, 2.24) is 25.2 Å². The average Bonchev–Trinajstić information content (AvgIpc) is 3.07. The molecule has 2 atom stereocenters. The van der Waals surface area contributed by atoms with Crippen LogP contribution in [0.2, 0.25) is 0 Å². The molecule has 6 heteroatoms. The number of imidazole rings is 1. The van der Waals surface area contributed by atoms with Gasteiger partial charge >= 0.3 is 0 Å². The molecule has 0 saturated carbocycles. The molecular weight excluding hydrogens is 314 g/mol. The Kier molecular flexibility index (Phi) is 4.97. The van der Waals surface area contributed by atoms with Gasteiger partial charge in [0.25, 0.3) is 0 Å². The highest BCUT2D eigenvalue weighted by Crippen LogP contribution is 2.30. The van der Waals surface area contributed by atoms with Crippen molar-refractivity contribution in [3.8, 4) is 0 Å². The first kappa shape index (κ1) is 16.5. The quantitative estimate of drug-likeness (QED) is 0.875. The number of carbonyl (C=O) groups excluding carboxylic acids is 1. The molecule has 2 saturated heterocycles. The second kappa shape index (κ2) is 7.52. The first-order chi connectivity index (χ1) is 12.3. The summed E-state index contributed by atoms with van der Waals surface area (Å²) in [4.78, 5) is 26.8. The zero-order valence-corrected chi connectivity index (χ0v) is 14.7. The number of aromatic amines is 1. The molecule has 134 valence electrons. The number of nitrogens with one attached hydrogen (secondary N) is 2. The van der Waals surface area contributed by atoms with Gasteiger partial charge in [-0.1, -0.05) is 6.42 Å². The number of amides is 1. The van der Waals surface area contributed by atoms with Crippen LogP contribution < -0.4 is 5.32 Å². The van der Waals surface area contributed by atoms with Crippen LogP contribution in [0.1, 0.15) is 44.3 Å². The highest BCUT2D eigenvalue weighted by Gasteiger charge is 2.32. The van der Waals surface area contributed by atoms with Crippen LogP contribution in [0, 0.1) is 5.92 Å². The summed E-state index contributed by atoms with van der Waals surface area (Å²) in [6.07, 6.45) is 9.32. The minimum atomic E-state index is 0.126. The smallest absolute Gasteiger partial charge is 0.220 e. The van der Waals surface area contributed by atoms with E-state index in [9.17, 15) is 4.79 Å². The van der Waals surface area contributed by atoms with E-state index in [0.29, 0.717) is 24.8 Å². The molecule has 2 aliphatic rings. The molecular formula is C19H27N5O. The van der Waals surface area contributed by atoms with E-state index in [0.717, 1.165) is 23.5 Å². The number of H-pyrrole nitrogens is 1. The fourth-order valence-electron chi connectivity index (χ4n) is 4.39. The Morgan fingerprint density at radius 2 is 2.20 bits per heavy atom. The van der Waals surface area contributed by atoms with Gasteiger partial charge in [-0.15, -0.1) is 0 Å². The fraction of sp³-hybridized carbons (Fsp3) is 0.632. The van der Waals surface area contributed by atoms with Crippen LogP contribution in [0.4, 0.5) is 0 Å². The Balaban J connectivity index is 1.26. The van der Waals surface area contributed by atoms with Crippen LogP contribution >= 0.6 is 0 Å². The lowest BCUT2D eigenvalue weighted by Gasteiger charge is -2.44. The average molecular weight is 341 g/mol. The summed E-state index contributed by atoms with van der Waals surface area (Å²) in [7, 11) is 0. The van der Waals surface area contributed by atoms with E-state index >= 15 is 0 Å². The van der Waals surface area contributed by atoms with E-state index in [-0.39, 0.29) is 5.91 Å². The third-order valence-electron chi connectivity index (χ3n) is 5.69. The monoisotopic (exact) mass is 341 g/mol. The van der Waals surface area contributed by atoms with Crippen LogP contribution in [0.25, 0.3) is 11.2 Å². The summed E-state index contributed by atoms with van der Waals surface area (Å²) < 4.78 is 0. The van der Waals surface area contributed by atoms with Crippen LogP contribution in [0.3, 0.4) is 0 Å². The standard InChI is InChI=1S/C19H27N5O/c25-18(9-8-17-22-15-6-3-10-20-19(15)23-17)21-13-14-5-4-12-24-11-2-1-7-16(14)24/h3,6,10,14,16H,1-2,4-5,7-9,11-13H2,(H,21,25)(H,20,22,23)/t14-,16+/m0/s1. The molecule has 25 heavy (non-hydrogen) atoms. The lowest BCUT2D eigenvalue weighted by atomic mass is 9.83. The summed E-state index contributed by atoms with van der Waals surface area (Å²) in [5.74, 6) is 1.58. The Bertz CT molecular complexity index is 692. The summed E-state index contributed by atoms with van der Waals surface area (Å²) in [6.45, 7) is 3.31. The van der Waals surface area contributed by atoms with Gasteiger partial charge < -0.3 is 15.2 Å². The third kappa shape index (κ3) is 3.84. The van der Waals surface area contributed by atoms with Gasteiger partial charge in [0.1, 0.15) is 5.82 Å². The number of pyridine rings is 1. The number of rotatable bonds is 5. The van der Waals surface area contributed by atoms with Gasteiger partial charge in [0.2, 0.25) is 5.91 Å². The zero-order valence-electron chi connectivity index (χ0n) is 14.7. The number of carbonyl (C=O) groups is 1. The summed E-state index contributed by atoms with van der Waals surface area (Å²) in [5, 5.41) is 3.17. The Morgan fingerprint density at radius 3 is 3.12 bits per heavy atom.